The Labute approximate surface area is 125 Å². The Kier molecular flexibility index (Phi) is 7.56. The molecule has 4 nitrogen and oxygen atoms in total. The van der Waals surface area contributed by atoms with Crippen molar-refractivity contribution in [3.63, 3.8) is 0 Å². The highest BCUT2D eigenvalue weighted by atomic mass is 16.6. The van der Waals surface area contributed by atoms with Gasteiger partial charge in [0.2, 0.25) is 0 Å². The summed E-state index contributed by atoms with van der Waals surface area (Å²) in [7, 11) is 0. The Balaban J connectivity index is 4.26. The first-order chi connectivity index (χ1) is 8.97. The summed E-state index contributed by atoms with van der Waals surface area (Å²) < 4.78 is 5.26. The van der Waals surface area contributed by atoms with Crippen molar-refractivity contribution in [1.29, 1.82) is 0 Å². The molecule has 0 aromatic rings. The van der Waals surface area contributed by atoms with Crippen LogP contribution in [0.1, 0.15) is 61.8 Å². The number of amides is 1. The normalized spacial score (nSPS) is 14.2. The zero-order valence-corrected chi connectivity index (χ0v) is 14.6. The summed E-state index contributed by atoms with van der Waals surface area (Å²) in [5, 5.41) is 6.44. The van der Waals surface area contributed by atoms with Crippen molar-refractivity contribution >= 4 is 6.09 Å². The molecule has 0 heterocycles. The second-order valence-corrected chi connectivity index (χ2v) is 7.51. The molecule has 4 heteroatoms. The van der Waals surface area contributed by atoms with Crippen LogP contribution >= 0.6 is 0 Å². The van der Waals surface area contributed by atoms with Crippen LogP contribution in [0.3, 0.4) is 0 Å². The van der Waals surface area contributed by atoms with Gasteiger partial charge in [-0.1, -0.05) is 20.8 Å². The SMILES string of the molecule is CCC(C)(C)NCC(CNC(=O)OC(C)(C)C)C(C)C. The molecule has 0 spiro atoms. The van der Waals surface area contributed by atoms with Crippen molar-refractivity contribution < 1.29 is 9.53 Å². The fraction of sp³-hybridized carbons (Fsp3) is 0.938. The first-order valence-corrected chi connectivity index (χ1v) is 7.68. The Morgan fingerprint density at radius 2 is 1.65 bits per heavy atom. The molecule has 1 unspecified atom stereocenters. The van der Waals surface area contributed by atoms with E-state index in [2.05, 4.69) is 45.3 Å². The lowest BCUT2D eigenvalue weighted by atomic mass is 9.93. The maximum Gasteiger partial charge on any atom is 0.407 e. The number of rotatable bonds is 7. The van der Waals surface area contributed by atoms with Gasteiger partial charge in [0.1, 0.15) is 5.60 Å². The van der Waals surface area contributed by atoms with Crippen LogP contribution in [0, 0.1) is 11.8 Å². The summed E-state index contributed by atoms with van der Waals surface area (Å²) in [6.45, 7) is 18.1. The smallest absolute Gasteiger partial charge is 0.407 e. The molecule has 2 N–H and O–H groups in total. The third-order valence-electron chi connectivity index (χ3n) is 3.58. The van der Waals surface area contributed by atoms with E-state index >= 15 is 0 Å². The third-order valence-corrected chi connectivity index (χ3v) is 3.58. The van der Waals surface area contributed by atoms with Gasteiger partial charge in [0, 0.05) is 18.6 Å². The summed E-state index contributed by atoms with van der Waals surface area (Å²) in [4.78, 5) is 11.7. The Morgan fingerprint density at radius 3 is 2.05 bits per heavy atom. The van der Waals surface area contributed by atoms with Gasteiger partial charge in [0.25, 0.3) is 0 Å². The molecule has 0 bridgehead atoms. The first kappa shape index (κ1) is 19.2. The summed E-state index contributed by atoms with van der Waals surface area (Å²) in [6, 6.07) is 0. The molecule has 0 saturated heterocycles. The van der Waals surface area contributed by atoms with Crippen molar-refractivity contribution in [2.45, 2.75) is 73.0 Å². The number of ether oxygens (including phenoxy) is 1. The average molecular weight is 286 g/mol. The fourth-order valence-corrected chi connectivity index (χ4v) is 1.60. The van der Waals surface area contributed by atoms with E-state index in [1.807, 2.05) is 20.8 Å². The number of nitrogens with one attached hydrogen (secondary N) is 2. The van der Waals surface area contributed by atoms with Crippen LogP contribution in [0.2, 0.25) is 0 Å². The summed E-state index contributed by atoms with van der Waals surface area (Å²) >= 11 is 0. The second-order valence-electron chi connectivity index (χ2n) is 7.51. The van der Waals surface area contributed by atoms with Gasteiger partial charge >= 0.3 is 6.09 Å². The van der Waals surface area contributed by atoms with Crippen LogP contribution < -0.4 is 10.6 Å². The van der Waals surface area contributed by atoms with Crippen LogP contribution in [0.4, 0.5) is 4.79 Å². The van der Waals surface area contributed by atoms with Gasteiger partial charge < -0.3 is 15.4 Å². The van der Waals surface area contributed by atoms with Gasteiger partial charge in [-0.3, -0.25) is 0 Å². The molecule has 120 valence electrons. The molecule has 0 aliphatic carbocycles. The lowest BCUT2D eigenvalue weighted by molar-refractivity contribution is 0.0514. The fourth-order valence-electron chi connectivity index (χ4n) is 1.60. The number of alkyl carbamates (subject to hydrolysis) is 1. The quantitative estimate of drug-likeness (QED) is 0.752. The molecule has 0 radical (unpaired) electrons. The van der Waals surface area contributed by atoms with Crippen LogP contribution in [-0.2, 0) is 4.74 Å². The van der Waals surface area contributed by atoms with E-state index in [1.54, 1.807) is 0 Å². The lowest BCUT2D eigenvalue weighted by Crippen LogP contribution is -2.45. The van der Waals surface area contributed by atoms with Crippen LogP contribution in [0.5, 0.6) is 0 Å². The van der Waals surface area contributed by atoms with E-state index in [-0.39, 0.29) is 11.6 Å². The Bertz CT molecular complexity index is 293. The maximum atomic E-state index is 11.7. The zero-order chi connectivity index (χ0) is 16.0. The minimum absolute atomic E-state index is 0.138. The predicted molar refractivity (Wildman–Crippen MR) is 84.9 cm³/mol. The number of hydrogen-bond donors (Lipinski definition) is 2. The summed E-state index contributed by atoms with van der Waals surface area (Å²) in [5.41, 5.74) is -0.307. The van der Waals surface area contributed by atoms with Crippen LogP contribution in [0.15, 0.2) is 0 Å². The van der Waals surface area contributed by atoms with Gasteiger partial charge in [-0.05, 0) is 52.9 Å². The lowest BCUT2D eigenvalue weighted by Gasteiger charge is -2.30. The molecule has 1 atom stereocenters. The Morgan fingerprint density at radius 1 is 1.10 bits per heavy atom. The van der Waals surface area contributed by atoms with E-state index in [9.17, 15) is 4.79 Å². The van der Waals surface area contributed by atoms with Gasteiger partial charge in [0.15, 0.2) is 0 Å². The van der Waals surface area contributed by atoms with Crippen molar-refractivity contribution in [3.05, 3.63) is 0 Å². The molecule has 0 aliphatic rings. The molecule has 0 aromatic heterocycles. The number of carbonyl (C=O) groups is 1. The van der Waals surface area contributed by atoms with Crippen molar-refractivity contribution in [2.24, 2.45) is 11.8 Å². The molecule has 20 heavy (non-hydrogen) atoms. The highest BCUT2D eigenvalue weighted by Gasteiger charge is 2.21. The van der Waals surface area contributed by atoms with Gasteiger partial charge in [-0.15, -0.1) is 0 Å². The maximum absolute atomic E-state index is 11.7. The van der Waals surface area contributed by atoms with E-state index in [1.165, 1.54) is 0 Å². The molecule has 1 amide bonds. The molecular formula is C16H34N2O2. The van der Waals surface area contributed by atoms with Gasteiger partial charge in [-0.25, -0.2) is 4.79 Å². The van der Waals surface area contributed by atoms with Crippen LogP contribution in [-0.4, -0.2) is 30.3 Å². The molecule has 0 saturated carbocycles. The predicted octanol–water partition coefficient (Wildman–Crippen LogP) is 3.56. The largest absolute Gasteiger partial charge is 0.444 e. The van der Waals surface area contributed by atoms with Crippen LogP contribution in [0.25, 0.3) is 0 Å². The molecule has 0 aromatic carbocycles. The molecule has 0 aliphatic heterocycles. The van der Waals surface area contributed by atoms with E-state index in [4.69, 9.17) is 4.74 Å². The third kappa shape index (κ3) is 9.18. The molecule has 0 rings (SSSR count). The number of carbonyl (C=O) groups excluding carboxylic acids is 1. The number of hydrogen-bond acceptors (Lipinski definition) is 3. The monoisotopic (exact) mass is 286 g/mol. The Hall–Kier alpha value is -0.770. The average Bonchev–Trinajstić information content (AvgIpc) is 2.25. The van der Waals surface area contributed by atoms with E-state index in [0.29, 0.717) is 18.4 Å². The zero-order valence-electron chi connectivity index (χ0n) is 14.6. The minimum Gasteiger partial charge on any atom is -0.444 e. The second kappa shape index (κ2) is 7.87. The van der Waals surface area contributed by atoms with Crippen molar-refractivity contribution in [3.8, 4) is 0 Å². The highest BCUT2D eigenvalue weighted by Crippen LogP contribution is 2.13. The molecular weight excluding hydrogens is 252 g/mol. The highest BCUT2D eigenvalue weighted by molar-refractivity contribution is 5.67. The summed E-state index contributed by atoms with van der Waals surface area (Å²) in [6.07, 6.45) is 0.745. The van der Waals surface area contributed by atoms with E-state index < -0.39 is 5.60 Å². The first-order valence-electron chi connectivity index (χ1n) is 7.68. The topological polar surface area (TPSA) is 50.4 Å². The van der Waals surface area contributed by atoms with Crippen molar-refractivity contribution in [1.82, 2.24) is 10.6 Å². The van der Waals surface area contributed by atoms with Crippen molar-refractivity contribution in [2.75, 3.05) is 13.1 Å². The molecule has 0 fully saturated rings. The van der Waals surface area contributed by atoms with E-state index in [0.717, 1.165) is 13.0 Å². The standard InChI is InChI=1S/C16H34N2O2/c1-9-16(7,8)18-11-13(12(2)3)10-17-14(19)20-15(4,5)6/h12-13,18H,9-11H2,1-8H3,(H,17,19). The van der Waals surface area contributed by atoms with Gasteiger partial charge in [-0.2, -0.15) is 0 Å². The summed E-state index contributed by atoms with van der Waals surface area (Å²) in [5.74, 6) is 0.901. The van der Waals surface area contributed by atoms with Gasteiger partial charge in [0.05, 0.1) is 0 Å². The minimum atomic E-state index is -0.445.